The SMILES string of the molecule is CNC(=O)c1ccc(Nc2ncc3cc(Br)c(OCC4CCN(C(=O)OC(C)(C)C)CC4)cc3n2)cc1. The number of hydrogen-bond acceptors (Lipinski definition) is 7. The van der Waals surface area contributed by atoms with Gasteiger partial charge in [0, 0.05) is 49.0 Å². The number of piperidine rings is 1. The Bertz CT molecular complexity index is 1270. The van der Waals surface area contributed by atoms with E-state index >= 15 is 0 Å². The molecule has 0 spiro atoms. The number of fused-ring (bicyclic) bond motifs is 1. The summed E-state index contributed by atoms with van der Waals surface area (Å²) in [5, 5.41) is 6.66. The first kappa shape index (κ1) is 26.7. The molecule has 10 heteroatoms. The van der Waals surface area contributed by atoms with Crippen molar-refractivity contribution in [2.75, 3.05) is 32.1 Å². The predicted molar refractivity (Wildman–Crippen MR) is 146 cm³/mol. The molecule has 1 aliphatic heterocycles. The molecule has 2 aromatic carbocycles. The molecule has 0 saturated carbocycles. The van der Waals surface area contributed by atoms with E-state index in [9.17, 15) is 9.59 Å². The third kappa shape index (κ3) is 7.09. The molecule has 1 saturated heterocycles. The smallest absolute Gasteiger partial charge is 0.410 e. The van der Waals surface area contributed by atoms with Crippen molar-refractivity contribution in [3.8, 4) is 5.75 Å². The zero-order valence-corrected chi connectivity index (χ0v) is 23.1. The van der Waals surface area contributed by atoms with Crippen molar-refractivity contribution in [1.29, 1.82) is 0 Å². The molecule has 2 N–H and O–H groups in total. The van der Waals surface area contributed by atoms with Crippen LogP contribution in [0.4, 0.5) is 16.4 Å². The molecule has 0 bridgehead atoms. The molecule has 37 heavy (non-hydrogen) atoms. The van der Waals surface area contributed by atoms with E-state index in [1.54, 1.807) is 30.3 Å². The van der Waals surface area contributed by atoms with Gasteiger partial charge in [0.1, 0.15) is 11.4 Å². The van der Waals surface area contributed by atoms with Crippen LogP contribution < -0.4 is 15.4 Å². The van der Waals surface area contributed by atoms with E-state index in [-0.39, 0.29) is 12.0 Å². The number of aromatic nitrogens is 2. The Labute approximate surface area is 225 Å². The molecule has 4 rings (SSSR count). The first-order valence-electron chi connectivity index (χ1n) is 12.3. The molecule has 1 fully saturated rings. The van der Waals surface area contributed by atoms with Crippen LogP contribution in [0.15, 0.2) is 47.1 Å². The lowest BCUT2D eigenvalue weighted by atomic mass is 9.98. The van der Waals surface area contributed by atoms with E-state index in [0.717, 1.165) is 33.9 Å². The third-order valence-corrected chi connectivity index (χ3v) is 6.62. The van der Waals surface area contributed by atoms with Gasteiger partial charge < -0.3 is 25.0 Å². The van der Waals surface area contributed by atoms with Crippen molar-refractivity contribution in [2.24, 2.45) is 5.92 Å². The Morgan fingerprint density at radius 2 is 1.84 bits per heavy atom. The Morgan fingerprint density at radius 3 is 2.49 bits per heavy atom. The number of ether oxygens (including phenoxy) is 2. The molecular formula is C27H32BrN5O4. The van der Waals surface area contributed by atoms with Gasteiger partial charge >= 0.3 is 6.09 Å². The Hall–Kier alpha value is -3.40. The summed E-state index contributed by atoms with van der Waals surface area (Å²) in [7, 11) is 1.60. The van der Waals surface area contributed by atoms with E-state index < -0.39 is 5.60 Å². The van der Waals surface area contributed by atoms with E-state index in [1.807, 2.05) is 45.0 Å². The van der Waals surface area contributed by atoms with Gasteiger partial charge in [0.05, 0.1) is 16.6 Å². The lowest BCUT2D eigenvalue weighted by Gasteiger charge is -2.33. The zero-order valence-electron chi connectivity index (χ0n) is 21.5. The number of carbonyl (C=O) groups is 2. The van der Waals surface area contributed by atoms with Crippen LogP contribution in [0.25, 0.3) is 10.9 Å². The summed E-state index contributed by atoms with van der Waals surface area (Å²) in [6.07, 6.45) is 3.22. The minimum Gasteiger partial charge on any atom is -0.492 e. The maximum atomic E-state index is 12.3. The van der Waals surface area contributed by atoms with Gasteiger partial charge in [-0.2, -0.15) is 0 Å². The van der Waals surface area contributed by atoms with Crippen LogP contribution in [-0.4, -0.2) is 59.2 Å². The number of likely N-dealkylation sites (tertiary alicyclic amines) is 1. The average molecular weight is 570 g/mol. The van der Waals surface area contributed by atoms with Crippen molar-refractivity contribution >= 4 is 50.5 Å². The fourth-order valence-corrected chi connectivity index (χ4v) is 4.47. The second kappa shape index (κ2) is 11.3. The number of benzene rings is 2. The van der Waals surface area contributed by atoms with Gasteiger partial charge in [-0.05, 0) is 85.8 Å². The molecule has 0 atom stereocenters. The third-order valence-electron chi connectivity index (χ3n) is 6.00. The van der Waals surface area contributed by atoms with Crippen LogP contribution in [-0.2, 0) is 4.74 Å². The molecule has 196 valence electrons. The molecule has 3 aromatic rings. The van der Waals surface area contributed by atoms with Crippen LogP contribution in [0.1, 0.15) is 44.0 Å². The molecular weight excluding hydrogens is 538 g/mol. The molecule has 0 unspecified atom stereocenters. The summed E-state index contributed by atoms with van der Waals surface area (Å²) >= 11 is 3.60. The van der Waals surface area contributed by atoms with E-state index in [2.05, 4.69) is 36.5 Å². The second-order valence-corrected chi connectivity index (χ2v) is 10.9. The van der Waals surface area contributed by atoms with Crippen molar-refractivity contribution < 1.29 is 19.1 Å². The molecule has 1 aliphatic rings. The molecule has 0 radical (unpaired) electrons. The van der Waals surface area contributed by atoms with Gasteiger partial charge in [-0.1, -0.05) is 0 Å². The van der Waals surface area contributed by atoms with Crippen molar-refractivity contribution in [2.45, 2.75) is 39.2 Å². The number of amides is 2. The molecule has 2 amide bonds. The van der Waals surface area contributed by atoms with Gasteiger partial charge in [-0.3, -0.25) is 4.79 Å². The average Bonchev–Trinajstić information content (AvgIpc) is 2.87. The van der Waals surface area contributed by atoms with E-state index in [4.69, 9.17) is 9.47 Å². The minimum atomic E-state index is -0.490. The van der Waals surface area contributed by atoms with Gasteiger partial charge in [-0.15, -0.1) is 0 Å². The summed E-state index contributed by atoms with van der Waals surface area (Å²) in [5.41, 5.74) is 1.61. The summed E-state index contributed by atoms with van der Waals surface area (Å²) in [6, 6.07) is 10.9. The number of nitrogens with one attached hydrogen (secondary N) is 2. The predicted octanol–water partition coefficient (Wildman–Crippen LogP) is 5.52. The van der Waals surface area contributed by atoms with E-state index in [0.29, 0.717) is 42.9 Å². The maximum absolute atomic E-state index is 12.3. The number of rotatable bonds is 6. The first-order chi connectivity index (χ1) is 17.6. The maximum Gasteiger partial charge on any atom is 0.410 e. The van der Waals surface area contributed by atoms with Crippen LogP contribution in [0, 0.1) is 5.92 Å². The molecule has 0 aliphatic carbocycles. The van der Waals surface area contributed by atoms with Crippen LogP contribution in [0.2, 0.25) is 0 Å². The summed E-state index contributed by atoms with van der Waals surface area (Å²) in [5.74, 6) is 1.37. The quantitative estimate of drug-likeness (QED) is 0.402. The molecule has 9 nitrogen and oxygen atoms in total. The van der Waals surface area contributed by atoms with E-state index in [1.165, 1.54) is 0 Å². The summed E-state index contributed by atoms with van der Waals surface area (Å²) in [6.45, 7) is 7.51. The number of carbonyl (C=O) groups excluding carboxylic acids is 2. The number of anilines is 2. The topological polar surface area (TPSA) is 106 Å². The summed E-state index contributed by atoms with van der Waals surface area (Å²) in [4.78, 5) is 34.8. The highest BCUT2D eigenvalue weighted by Gasteiger charge is 2.27. The highest BCUT2D eigenvalue weighted by Crippen LogP contribution is 2.31. The van der Waals surface area contributed by atoms with Gasteiger partial charge in [-0.25, -0.2) is 14.8 Å². The van der Waals surface area contributed by atoms with Crippen LogP contribution >= 0.6 is 15.9 Å². The lowest BCUT2D eigenvalue weighted by molar-refractivity contribution is 0.0164. The fraction of sp³-hybridized carbons (Fsp3) is 0.407. The van der Waals surface area contributed by atoms with Crippen molar-refractivity contribution in [1.82, 2.24) is 20.2 Å². The minimum absolute atomic E-state index is 0.139. The monoisotopic (exact) mass is 569 g/mol. The lowest BCUT2D eigenvalue weighted by Crippen LogP contribution is -2.42. The fourth-order valence-electron chi connectivity index (χ4n) is 4.00. The van der Waals surface area contributed by atoms with Gasteiger partial charge in [0.2, 0.25) is 5.95 Å². The van der Waals surface area contributed by atoms with Gasteiger partial charge in [0.15, 0.2) is 0 Å². The zero-order chi connectivity index (χ0) is 26.6. The van der Waals surface area contributed by atoms with Crippen molar-refractivity contribution in [3.05, 3.63) is 52.6 Å². The number of nitrogens with zero attached hydrogens (tertiary/aromatic N) is 3. The van der Waals surface area contributed by atoms with Crippen molar-refractivity contribution in [3.63, 3.8) is 0 Å². The second-order valence-electron chi connectivity index (χ2n) is 10.0. The Morgan fingerprint density at radius 1 is 1.14 bits per heavy atom. The first-order valence-corrected chi connectivity index (χ1v) is 13.1. The van der Waals surface area contributed by atoms with Crippen LogP contribution in [0.5, 0.6) is 5.75 Å². The van der Waals surface area contributed by atoms with Gasteiger partial charge in [0.25, 0.3) is 5.91 Å². The highest BCUT2D eigenvalue weighted by molar-refractivity contribution is 9.10. The molecule has 2 heterocycles. The highest BCUT2D eigenvalue weighted by atomic mass is 79.9. The van der Waals surface area contributed by atoms with Crippen LogP contribution in [0.3, 0.4) is 0 Å². The Kier molecular flexibility index (Phi) is 8.16. The summed E-state index contributed by atoms with van der Waals surface area (Å²) < 4.78 is 12.5. The number of halogens is 1. The standard InChI is InChI=1S/C27H32BrN5O4/c1-27(2,3)37-26(35)33-11-9-17(10-12-33)16-36-23-14-22-19(13-21(23)28)15-30-25(32-22)31-20-7-5-18(6-8-20)24(34)29-4/h5-8,13-15,17H,9-12,16H2,1-4H3,(H,29,34)(H,30,31,32). The number of hydrogen-bond donors (Lipinski definition) is 2. The largest absolute Gasteiger partial charge is 0.492 e. The molecule has 1 aromatic heterocycles. The Balaban J connectivity index is 1.37. The normalized spacial score (nSPS) is 14.4.